The van der Waals surface area contributed by atoms with Gasteiger partial charge in [-0.25, -0.2) is 0 Å². The van der Waals surface area contributed by atoms with Gasteiger partial charge < -0.3 is 15.4 Å². The van der Waals surface area contributed by atoms with Crippen molar-refractivity contribution in [2.45, 2.75) is 18.9 Å². The van der Waals surface area contributed by atoms with Crippen LogP contribution in [0.15, 0.2) is 18.2 Å². The normalized spacial score (nSPS) is 18.8. The number of piperidine rings is 1. The summed E-state index contributed by atoms with van der Waals surface area (Å²) in [5, 5.41) is 7.87. The fraction of sp³-hybridized carbons (Fsp3) is 0.429. The van der Waals surface area contributed by atoms with Crippen LogP contribution in [0, 0.1) is 0 Å². The Bertz CT molecular complexity index is 630. The number of nitrogens with two attached hydrogens (primary N) is 1. The van der Waals surface area contributed by atoms with Gasteiger partial charge in [0.15, 0.2) is 5.82 Å². The molecule has 7 heteroatoms. The Balaban J connectivity index is 1.89. The summed E-state index contributed by atoms with van der Waals surface area (Å²) in [7, 11) is 1.62. The molecule has 0 saturated carbocycles. The summed E-state index contributed by atoms with van der Waals surface area (Å²) in [6.07, 6.45) is 2.11. The molecule has 1 aromatic heterocycles. The molecule has 1 aliphatic rings. The van der Waals surface area contributed by atoms with Gasteiger partial charge in [0.25, 0.3) is 0 Å². The van der Waals surface area contributed by atoms with Gasteiger partial charge in [-0.2, -0.15) is 4.98 Å². The first-order valence-electron chi connectivity index (χ1n) is 6.94. The third kappa shape index (κ3) is 2.96. The summed E-state index contributed by atoms with van der Waals surface area (Å²) in [4.78, 5) is 6.66. The number of benzene rings is 1. The summed E-state index contributed by atoms with van der Waals surface area (Å²) in [6, 6.07) is 5.59. The molecule has 21 heavy (non-hydrogen) atoms. The van der Waals surface area contributed by atoms with Gasteiger partial charge in [-0.15, -0.1) is 5.10 Å². The van der Waals surface area contributed by atoms with Crippen LogP contribution in [0.4, 0.5) is 5.95 Å². The predicted molar refractivity (Wildman–Crippen MR) is 82.8 cm³/mol. The zero-order valence-electron chi connectivity index (χ0n) is 11.8. The molecule has 112 valence electrons. The summed E-state index contributed by atoms with van der Waals surface area (Å²) < 4.78 is 5.35. The van der Waals surface area contributed by atoms with E-state index in [2.05, 4.69) is 20.1 Å². The Labute approximate surface area is 128 Å². The fourth-order valence-corrected chi connectivity index (χ4v) is 2.74. The lowest BCUT2D eigenvalue weighted by atomic mass is 10.1. The number of nitrogens with zero attached hydrogens (tertiary/aromatic N) is 3. The van der Waals surface area contributed by atoms with E-state index in [9.17, 15) is 0 Å². The van der Waals surface area contributed by atoms with E-state index in [0.29, 0.717) is 22.5 Å². The maximum atomic E-state index is 6.05. The van der Waals surface area contributed by atoms with Crippen molar-refractivity contribution in [2.75, 3.05) is 25.1 Å². The van der Waals surface area contributed by atoms with E-state index >= 15 is 0 Å². The molecule has 1 atom stereocenters. The lowest BCUT2D eigenvalue weighted by molar-refractivity contribution is 0.416. The van der Waals surface area contributed by atoms with Crippen molar-refractivity contribution in [3.05, 3.63) is 23.2 Å². The lowest BCUT2D eigenvalue weighted by Gasteiger charge is -2.29. The standard InChI is InChI=1S/C14H18ClN5O/c1-21-12-5-4-9(15)7-11(12)13-17-14(19-18-13)20-6-2-3-10(16)8-20/h4-5,7,10H,2-3,6,8,16H2,1H3,(H,17,18,19). The zero-order valence-corrected chi connectivity index (χ0v) is 12.6. The highest BCUT2D eigenvalue weighted by atomic mass is 35.5. The summed E-state index contributed by atoms with van der Waals surface area (Å²) in [5.74, 6) is 2.02. The Morgan fingerprint density at radius 1 is 1.48 bits per heavy atom. The largest absolute Gasteiger partial charge is 0.496 e. The van der Waals surface area contributed by atoms with Crippen molar-refractivity contribution in [3.8, 4) is 17.1 Å². The van der Waals surface area contributed by atoms with Gasteiger partial charge in [0, 0.05) is 24.2 Å². The highest BCUT2D eigenvalue weighted by Crippen LogP contribution is 2.31. The summed E-state index contributed by atoms with van der Waals surface area (Å²) in [5.41, 5.74) is 6.80. The number of nitrogens with one attached hydrogen (secondary N) is 1. The molecule has 3 N–H and O–H groups in total. The molecule has 1 aliphatic heterocycles. The average Bonchev–Trinajstić information content (AvgIpc) is 2.97. The number of halogens is 1. The molecule has 0 bridgehead atoms. The van der Waals surface area contributed by atoms with Gasteiger partial charge in [0.2, 0.25) is 5.95 Å². The van der Waals surface area contributed by atoms with Crippen LogP contribution in [-0.2, 0) is 0 Å². The maximum absolute atomic E-state index is 6.05. The van der Waals surface area contributed by atoms with Gasteiger partial charge in [-0.3, -0.25) is 5.10 Å². The summed E-state index contributed by atoms with van der Waals surface area (Å²) >= 11 is 6.05. The van der Waals surface area contributed by atoms with E-state index < -0.39 is 0 Å². The molecule has 1 aromatic carbocycles. The second kappa shape index (κ2) is 5.91. The van der Waals surface area contributed by atoms with Crippen LogP contribution in [0.3, 0.4) is 0 Å². The van der Waals surface area contributed by atoms with Crippen molar-refractivity contribution in [1.82, 2.24) is 15.2 Å². The quantitative estimate of drug-likeness (QED) is 0.907. The number of anilines is 1. The second-order valence-electron chi connectivity index (χ2n) is 5.18. The van der Waals surface area contributed by atoms with E-state index in [1.807, 2.05) is 12.1 Å². The molecule has 1 saturated heterocycles. The van der Waals surface area contributed by atoms with Crippen LogP contribution < -0.4 is 15.4 Å². The Morgan fingerprint density at radius 2 is 2.33 bits per heavy atom. The number of hydrogen-bond acceptors (Lipinski definition) is 5. The molecule has 6 nitrogen and oxygen atoms in total. The second-order valence-corrected chi connectivity index (χ2v) is 5.61. The maximum Gasteiger partial charge on any atom is 0.245 e. The number of H-pyrrole nitrogens is 1. The van der Waals surface area contributed by atoms with Crippen molar-refractivity contribution in [3.63, 3.8) is 0 Å². The Hall–Kier alpha value is -1.79. The first kappa shape index (κ1) is 14.2. The molecule has 0 radical (unpaired) electrons. The van der Waals surface area contributed by atoms with E-state index in [1.54, 1.807) is 13.2 Å². The van der Waals surface area contributed by atoms with Crippen molar-refractivity contribution in [2.24, 2.45) is 5.73 Å². The third-order valence-corrected chi connectivity index (χ3v) is 3.87. The van der Waals surface area contributed by atoms with Crippen LogP contribution in [-0.4, -0.2) is 41.4 Å². The van der Waals surface area contributed by atoms with Crippen LogP contribution >= 0.6 is 11.6 Å². The van der Waals surface area contributed by atoms with Crippen LogP contribution in [0.5, 0.6) is 5.75 Å². The zero-order chi connectivity index (χ0) is 14.8. The number of hydrogen-bond donors (Lipinski definition) is 2. The van der Waals surface area contributed by atoms with Gasteiger partial charge >= 0.3 is 0 Å². The highest BCUT2D eigenvalue weighted by Gasteiger charge is 2.21. The first-order chi connectivity index (χ1) is 10.2. The number of aromatic amines is 1. The minimum atomic E-state index is 0.182. The third-order valence-electron chi connectivity index (χ3n) is 3.63. The molecule has 2 heterocycles. The number of ether oxygens (including phenoxy) is 1. The molecule has 0 aliphatic carbocycles. The number of methoxy groups -OCH3 is 1. The molecular formula is C14H18ClN5O. The molecule has 1 unspecified atom stereocenters. The fourth-order valence-electron chi connectivity index (χ4n) is 2.57. The molecular weight excluding hydrogens is 290 g/mol. The van der Waals surface area contributed by atoms with Crippen molar-refractivity contribution >= 4 is 17.5 Å². The first-order valence-corrected chi connectivity index (χ1v) is 7.32. The van der Waals surface area contributed by atoms with Crippen molar-refractivity contribution in [1.29, 1.82) is 0 Å². The Morgan fingerprint density at radius 3 is 3.10 bits per heavy atom. The van der Waals surface area contributed by atoms with Gasteiger partial charge in [-0.1, -0.05) is 11.6 Å². The van der Waals surface area contributed by atoms with Gasteiger partial charge in [-0.05, 0) is 31.0 Å². The lowest BCUT2D eigenvalue weighted by Crippen LogP contribution is -2.43. The molecule has 2 aromatic rings. The van der Waals surface area contributed by atoms with Crippen LogP contribution in [0.2, 0.25) is 5.02 Å². The van der Waals surface area contributed by atoms with Gasteiger partial charge in [0.1, 0.15) is 5.75 Å². The van der Waals surface area contributed by atoms with Crippen molar-refractivity contribution < 1.29 is 4.74 Å². The topological polar surface area (TPSA) is 80.1 Å². The van der Waals surface area contributed by atoms with E-state index in [4.69, 9.17) is 22.1 Å². The Kier molecular flexibility index (Phi) is 3.98. The minimum Gasteiger partial charge on any atom is -0.496 e. The van der Waals surface area contributed by atoms with E-state index in [1.165, 1.54) is 0 Å². The predicted octanol–water partition coefficient (Wildman–Crippen LogP) is 2.06. The van der Waals surface area contributed by atoms with Gasteiger partial charge in [0.05, 0.1) is 12.7 Å². The average molecular weight is 308 g/mol. The SMILES string of the molecule is COc1ccc(Cl)cc1-c1nc(N2CCCC(N)C2)n[nH]1. The van der Waals surface area contributed by atoms with Crippen LogP contribution in [0.1, 0.15) is 12.8 Å². The minimum absolute atomic E-state index is 0.182. The smallest absolute Gasteiger partial charge is 0.245 e. The molecule has 3 rings (SSSR count). The molecule has 1 fully saturated rings. The molecule has 0 spiro atoms. The number of aromatic nitrogens is 3. The highest BCUT2D eigenvalue weighted by molar-refractivity contribution is 6.30. The van der Waals surface area contributed by atoms with Crippen LogP contribution in [0.25, 0.3) is 11.4 Å². The number of rotatable bonds is 3. The van der Waals surface area contributed by atoms with E-state index in [0.717, 1.165) is 31.5 Å². The summed E-state index contributed by atoms with van der Waals surface area (Å²) in [6.45, 7) is 1.71. The monoisotopic (exact) mass is 307 g/mol. The van der Waals surface area contributed by atoms with E-state index in [-0.39, 0.29) is 6.04 Å². The molecule has 0 amide bonds.